The lowest BCUT2D eigenvalue weighted by Crippen LogP contribution is -2.40. The van der Waals surface area contributed by atoms with E-state index >= 15 is 0 Å². The summed E-state index contributed by atoms with van der Waals surface area (Å²) in [5.74, 6) is 0.0538. The topological polar surface area (TPSA) is 52.3 Å². The number of hydrogen-bond donors (Lipinski definition) is 0. The molecule has 0 saturated carbocycles. The number of imidazole rings is 1. The van der Waals surface area contributed by atoms with Crippen molar-refractivity contribution in [1.82, 2.24) is 19.0 Å². The number of amides is 1. The Morgan fingerprint density at radius 1 is 0.892 bits per heavy atom. The zero-order chi connectivity index (χ0) is 25.2. The van der Waals surface area contributed by atoms with Gasteiger partial charge in [-0.2, -0.15) is 0 Å². The molecule has 6 rings (SSSR count). The van der Waals surface area contributed by atoms with Gasteiger partial charge < -0.3 is 18.8 Å². The van der Waals surface area contributed by atoms with Gasteiger partial charge in [-0.1, -0.05) is 72.3 Å². The maximum Gasteiger partial charge on any atom is 0.256 e. The minimum Gasteiger partial charge on any atom is -0.378 e. The van der Waals surface area contributed by atoms with Gasteiger partial charge in [0, 0.05) is 37.6 Å². The van der Waals surface area contributed by atoms with Gasteiger partial charge in [-0.05, 0) is 29.3 Å². The van der Waals surface area contributed by atoms with Gasteiger partial charge in [-0.25, -0.2) is 4.98 Å². The molecule has 3 aromatic carbocycles. The van der Waals surface area contributed by atoms with Crippen LogP contribution in [-0.2, 0) is 17.8 Å². The summed E-state index contributed by atoms with van der Waals surface area (Å²) in [6, 6.07) is 25.2. The van der Waals surface area contributed by atoms with Gasteiger partial charge in [0.15, 0.2) is 0 Å². The van der Waals surface area contributed by atoms with Crippen molar-refractivity contribution in [3.05, 3.63) is 114 Å². The number of nitrogens with zero attached hydrogens (tertiary/aromatic N) is 4. The molecule has 1 fully saturated rings. The molecule has 6 heteroatoms. The molecule has 0 radical (unpaired) electrons. The number of ether oxygens (including phenoxy) is 1. The Labute approximate surface area is 216 Å². The Balaban J connectivity index is 1.41. The molecule has 186 valence electrons. The van der Waals surface area contributed by atoms with Gasteiger partial charge in [-0.3, -0.25) is 4.79 Å². The second kappa shape index (κ2) is 10.1. The molecule has 5 aromatic rings. The highest BCUT2D eigenvalue weighted by Crippen LogP contribution is 2.33. The maximum atomic E-state index is 13.7. The van der Waals surface area contributed by atoms with Gasteiger partial charge in [0.2, 0.25) is 0 Å². The number of benzene rings is 3. The van der Waals surface area contributed by atoms with Crippen LogP contribution >= 0.6 is 0 Å². The summed E-state index contributed by atoms with van der Waals surface area (Å²) >= 11 is 0. The fraction of sp³-hybridized carbons (Fsp3) is 0.226. The fourth-order valence-corrected chi connectivity index (χ4v) is 5.13. The number of rotatable bonds is 6. The quantitative estimate of drug-likeness (QED) is 0.321. The van der Waals surface area contributed by atoms with Gasteiger partial charge in [0.05, 0.1) is 43.0 Å². The monoisotopic (exact) mass is 490 g/mol. The van der Waals surface area contributed by atoms with Crippen LogP contribution in [-0.4, -0.2) is 51.2 Å². The normalized spacial score (nSPS) is 13.8. The first-order valence-corrected chi connectivity index (χ1v) is 12.8. The van der Waals surface area contributed by atoms with Crippen molar-refractivity contribution in [2.75, 3.05) is 26.3 Å². The van der Waals surface area contributed by atoms with Crippen LogP contribution < -0.4 is 0 Å². The molecule has 1 aliphatic heterocycles. The summed E-state index contributed by atoms with van der Waals surface area (Å²) < 4.78 is 9.87. The Hall–Kier alpha value is -4.16. The molecule has 1 aliphatic rings. The van der Waals surface area contributed by atoms with E-state index in [0.29, 0.717) is 32.8 Å². The largest absolute Gasteiger partial charge is 0.378 e. The van der Waals surface area contributed by atoms with Crippen molar-refractivity contribution >= 4 is 16.7 Å². The minimum absolute atomic E-state index is 0.0538. The first kappa shape index (κ1) is 23.3. The van der Waals surface area contributed by atoms with Crippen LogP contribution in [0.2, 0.25) is 0 Å². The van der Waals surface area contributed by atoms with Crippen LogP contribution in [0.3, 0.4) is 0 Å². The standard InChI is InChI=1S/C31H30N4O2/c1-23-9-11-24(12-10-23)20-35-22-32-19-26(35)21-34-14-13-29(31(36)33-15-17-37-18-16-33)30(34)28-8-4-6-25-5-2-3-7-27(25)28/h2-14,19,22H,15-18,20-21H2,1H3. The molecule has 2 aromatic heterocycles. The van der Waals surface area contributed by atoms with E-state index in [2.05, 4.69) is 87.8 Å². The summed E-state index contributed by atoms with van der Waals surface area (Å²) in [5, 5.41) is 2.29. The minimum atomic E-state index is 0.0538. The van der Waals surface area contributed by atoms with Crippen LogP contribution in [0.25, 0.3) is 22.0 Å². The zero-order valence-corrected chi connectivity index (χ0v) is 21.0. The molecular weight excluding hydrogens is 460 g/mol. The molecule has 0 spiro atoms. The fourth-order valence-electron chi connectivity index (χ4n) is 5.13. The lowest BCUT2D eigenvalue weighted by Gasteiger charge is -2.27. The van der Waals surface area contributed by atoms with E-state index in [0.717, 1.165) is 39.8 Å². The molecule has 0 aliphatic carbocycles. The molecule has 0 unspecified atom stereocenters. The second-order valence-electron chi connectivity index (χ2n) is 9.64. The summed E-state index contributed by atoms with van der Waals surface area (Å²) in [4.78, 5) is 20.1. The van der Waals surface area contributed by atoms with E-state index < -0.39 is 0 Å². The van der Waals surface area contributed by atoms with Crippen molar-refractivity contribution in [2.45, 2.75) is 20.0 Å². The molecule has 0 atom stereocenters. The average molecular weight is 491 g/mol. The van der Waals surface area contributed by atoms with Crippen molar-refractivity contribution in [3.63, 3.8) is 0 Å². The van der Waals surface area contributed by atoms with E-state index in [9.17, 15) is 4.79 Å². The Morgan fingerprint density at radius 3 is 2.51 bits per heavy atom. The number of hydrogen-bond acceptors (Lipinski definition) is 3. The van der Waals surface area contributed by atoms with Crippen molar-refractivity contribution in [3.8, 4) is 11.3 Å². The highest BCUT2D eigenvalue weighted by Gasteiger charge is 2.25. The lowest BCUT2D eigenvalue weighted by molar-refractivity contribution is 0.0303. The number of aryl methyl sites for hydroxylation is 1. The first-order valence-electron chi connectivity index (χ1n) is 12.8. The van der Waals surface area contributed by atoms with Gasteiger partial charge in [-0.15, -0.1) is 0 Å². The third-order valence-electron chi connectivity index (χ3n) is 7.14. The summed E-state index contributed by atoms with van der Waals surface area (Å²) in [5.41, 5.74) is 6.29. The Kier molecular flexibility index (Phi) is 6.33. The second-order valence-corrected chi connectivity index (χ2v) is 9.64. The average Bonchev–Trinajstić information content (AvgIpc) is 3.56. The van der Waals surface area contributed by atoms with Crippen LogP contribution in [0.1, 0.15) is 27.2 Å². The molecule has 37 heavy (non-hydrogen) atoms. The Bertz CT molecular complexity index is 1540. The summed E-state index contributed by atoms with van der Waals surface area (Å²) in [6.07, 6.45) is 5.84. The number of morpholine rings is 1. The molecule has 1 amide bonds. The van der Waals surface area contributed by atoms with Crippen LogP contribution in [0.15, 0.2) is 91.5 Å². The highest BCUT2D eigenvalue weighted by atomic mass is 16.5. The molecule has 6 nitrogen and oxygen atoms in total. The van der Waals surface area contributed by atoms with E-state index in [1.165, 1.54) is 11.1 Å². The summed E-state index contributed by atoms with van der Waals surface area (Å²) in [6.45, 7) is 5.84. The molecule has 0 bridgehead atoms. The highest BCUT2D eigenvalue weighted by molar-refractivity contribution is 6.05. The van der Waals surface area contributed by atoms with E-state index in [4.69, 9.17) is 4.74 Å². The molecule has 3 heterocycles. The van der Waals surface area contributed by atoms with E-state index in [1.54, 1.807) is 0 Å². The van der Waals surface area contributed by atoms with E-state index in [-0.39, 0.29) is 5.91 Å². The lowest BCUT2D eigenvalue weighted by atomic mass is 9.99. The van der Waals surface area contributed by atoms with Crippen molar-refractivity contribution < 1.29 is 9.53 Å². The smallest absolute Gasteiger partial charge is 0.256 e. The maximum absolute atomic E-state index is 13.7. The predicted octanol–water partition coefficient (Wildman–Crippen LogP) is 5.38. The molecule has 0 N–H and O–H groups in total. The van der Waals surface area contributed by atoms with Gasteiger partial charge >= 0.3 is 0 Å². The van der Waals surface area contributed by atoms with Crippen LogP contribution in [0, 0.1) is 6.92 Å². The predicted molar refractivity (Wildman–Crippen MR) is 146 cm³/mol. The number of fused-ring (bicyclic) bond motifs is 1. The van der Waals surface area contributed by atoms with E-state index in [1.807, 2.05) is 29.7 Å². The van der Waals surface area contributed by atoms with Crippen LogP contribution in [0.4, 0.5) is 0 Å². The first-order chi connectivity index (χ1) is 18.2. The SMILES string of the molecule is Cc1ccc(Cn2cncc2Cn2ccc(C(=O)N3CCOCC3)c2-c2cccc3ccccc23)cc1. The summed E-state index contributed by atoms with van der Waals surface area (Å²) in [7, 11) is 0. The van der Waals surface area contributed by atoms with Gasteiger partial charge in [0.25, 0.3) is 5.91 Å². The van der Waals surface area contributed by atoms with Crippen molar-refractivity contribution in [2.24, 2.45) is 0 Å². The van der Waals surface area contributed by atoms with Crippen LogP contribution in [0.5, 0.6) is 0 Å². The number of carbonyl (C=O) groups is 1. The molecule has 1 saturated heterocycles. The number of aromatic nitrogens is 3. The van der Waals surface area contributed by atoms with Crippen molar-refractivity contribution in [1.29, 1.82) is 0 Å². The van der Waals surface area contributed by atoms with Gasteiger partial charge in [0.1, 0.15) is 0 Å². The Morgan fingerprint density at radius 2 is 1.68 bits per heavy atom. The third kappa shape index (κ3) is 4.68. The molecular formula is C31H30N4O2. The zero-order valence-electron chi connectivity index (χ0n) is 21.0. The third-order valence-corrected chi connectivity index (χ3v) is 7.14. The number of carbonyl (C=O) groups excluding carboxylic acids is 1.